The number of hydrogen-bond donors (Lipinski definition) is 0. The molecule has 0 bridgehead atoms. The van der Waals surface area contributed by atoms with E-state index in [9.17, 15) is 4.79 Å². The standard InChI is InChI=1S/C20H22N4OS/c1-15-4-5-18(26-15)20(25)24-11-2-3-17(14-24)19-22-10-12-23(19)13-16-6-8-21-9-7-16/h4-10,12,17H,2-3,11,13-14H2,1H3/t17-/m0/s1. The van der Waals surface area contributed by atoms with Gasteiger partial charge < -0.3 is 9.47 Å². The molecule has 0 aromatic carbocycles. The van der Waals surface area contributed by atoms with Crippen LogP contribution in [0.15, 0.2) is 49.1 Å². The normalized spacial score (nSPS) is 17.4. The molecule has 0 spiro atoms. The van der Waals surface area contributed by atoms with E-state index in [0.29, 0.717) is 0 Å². The number of likely N-dealkylation sites (tertiary alicyclic amines) is 1. The molecule has 134 valence electrons. The molecule has 0 N–H and O–H groups in total. The third-order valence-electron chi connectivity index (χ3n) is 4.87. The molecule has 6 heteroatoms. The highest BCUT2D eigenvalue weighted by molar-refractivity contribution is 7.13. The molecule has 0 aliphatic carbocycles. The number of aryl methyl sites for hydroxylation is 1. The molecule has 1 aliphatic heterocycles. The Labute approximate surface area is 157 Å². The predicted molar refractivity (Wildman–Crippen MR) is 103 cm³/mol. The van der Waals surface area contributed by atoms with Crippen LogP contribution >= 0.6 is 11.3 Å². The number of imidazole rings is 1. The summed E-state index contributed by atoms with van der Waals surface area (Å²) in [6.07, 6.45) is 9.61. The van der Waals surface area contributed by atoms with E-state index in [0.717, 1.165) is 43.2 Å². The summed E-state index contributed by atoms with van der Waals surface area (Å²) in [5, 5.41) is 0. The van der Waals surface area contributed by atoms with Gasteiger partial charge in [0.2, 0.25) is 0 Å². The van der Waals surface area contributed by atoms with Crippen molar-refractivity contribution in [2.45, 2.75) is 32.2 Å². The van der Waals surface area contributed by atoms with E-state index in [2.05, 4.69) is 14.5 Å². The van der Waals surface area contributed by atoms with Crippen LogP contribution in [0.1, 0.15) is 44.7 Å². The maximum Gasteiger partial charge on any atom is 0.263 e. The van der Waals surface area contributed by atoms with Crippen molar-refractivity contribution in [3.8, 4) is 0 Å². The van der Waals surface area contributed by atoms with Crippen molar-refractivity contribution in [3.63, 3.8) is 0 Å². The summed E-state index contributed by atoms with van der Waals surface area (Å²) in [5.74, 6) is 1.51. The number of nitrogens with zero attached hydrogens (tertiary/aromatic N) is 4. The Morgan fingerprint density at radius 2 is 2.08 bits per heavy atom. The highest BCUT2D eigenvalue weighted by Gasteiger charge is 2.28. The molecule has 1 atom stereocenters. The van der Waals surface area contributed by atoms with E-state index in [1.165, 1.54) is 10.4 Å². The van der Waals surface area contributed by atoms with Crippen molar-refractivity contribution < 1.29 is 4.79 Å². The minimum atomic E-state index is 0.153. The second kappa shape index (κ2) is 7.41. The number of carbonyl (C=O) groups is 1. The van der Waals surface area contributed by atoms with Crippen molar-refractivity contribution in [3.05, 3.63) is 70.2 Å². The first-order valence-corrected chi connectivity index (χ1v) is 9.78. The van der Waals surface area contributed by atoms with Crippen molar-refractivity contribution in [1.29, 1.82) is 0 Å². The maximum atomic E-state index is 12.8. The van der Waals surface area contributed by atoms with Crippen LogP contribution < -0.4 is 0 Å². The summed E-state index contributed by atoms with van der Waals surface area (Å²) in [5.41, 5.74) is 1.21. The number of thiophene rings is 1. The fraction of sp³-hybridized carbons (Fsp3) is 0.350. The summed E-state index contributed by atoms with van der Waals surface area (Å²) in [6, 6.07) is 8.01. The highest BCUT2D eigenvalue weighted by Crippen LogP contribution is 2.28. The molecule has 0 radical (unpaired) electrons. The average Bonchev–Trinajstić information content (AvgIpc) is 3.31. The third kappa shape index (κ3) is 3.55. The molecular formula is C20H22N4OS. The molecule has 1 aliphatic rings. The molecule has 1 saturated heterocycles. The van der Waals surface area contributed by atoms with Gasteiger partial charge in [-0.15, -0.1) is 11.3 Å². The minimum absolute atomic E-state index is 0.153. The Morgan fingerprint density at radius 3 is 2.85 bits per heavy atom. The van der Waals surface area contributed by atoms with Crippen molar-refractivity contribution >= 4 is 17.2 Å². The molecule has 5 nitrogen and oxygen atoms in total. The summed E-state index contributed by atoms with van der Waals surface area (Å²) < 4.78 is 2.20. The zero-order valence-corrected chi connectivity index (χ0v) is 15.7. The van der Waals surface area contributed by atoms with Crippen molar-refractivity contribution in [2.75, 3.05) is 13.1 Å². The fourth-order valence-corrected chi connectivity index (χ4v) is 4.41. The lowest BCUT2D eigenvalue weighted by molar-refractivity contribution is 0.0708. The van der Waals surface area contributed by atoms with Crippen LogP contribution in [-0.2, 0) is 6.54 Å². The number of amides is 1. The SMILES string of the molecule is Cc1ccc(C(=O)N2CCC[C@H](c3nccn3Cc3ccncc3)C2)s1. The van der Waals surface area contributed by atoms with E-state index >= 15 is 0 Å². The second-order valence-corrected chi connectivity index (χ2v) is 8.06. The monoisotopic (exact) mass is 366 g/mol. The number of hydrogen-bond acceptors (Lipinski definition) is 4. The van der Waals surface area contributed by atoms with Gasteiger partial charge in [0.25, 0.3) is 5.91 Å². The van der Waals surface area contributed by atoms with Gasteiger partial charge in [-0.1, -0.05) is 0 Å². The molecular weight excluding hydrogens is 344 g/mol. The largest absolute Gasteiger partial charge is 0.337 e. The molecule has 0 saturated carbocycles. The Kier molecular flexibility index (Phi) is 4.84. The summed E-state index contributed by atoms with van der Waals surface area (Å²) >= 11 is 1.58. The highest BCUT2D eigenvalue weighted by atomic mass is 32.1. The van der Waals surface area contributed by atoms with Gasteiger partial charge in [0.15, 0.2) is 0 Å². The van der Waals surface area contributed by atoms with Gasteiger partial charge in [-0.05, 0) is 49.6 Å². The predicted octanol–water partition coefficient (Wildman–Crippen LogP) is 3.72. The lowest BCUT2D eigenvalue weighted by Crippen LogP contribution is -2.39. The number of aromatic nitrogens is 3. The number of carbonyl (C=O) groups excluding carboxylic acids is 1. The Morgan fingerprint density at radius 1 is 1.23 bits per heavy atom. The van der Waals surface area contributed by atoms with Gasteiger partial charge >= 0.3 is 0 Å². The Bertz CT molecular complexity index is 886. The molecule has 3 aromatic rings. The summed E-state index contributed by atoms with van der Waals surface area (Å²) in [6.45, 7) is 4.39. The Balaban J connectivity index is 1.50. The first-order chi connectivity index (χ1) is 12.7. The van der Waals surface area contributed by atoms with Gasteiger partial charge in [-0.25, -0.2) is 4.98 Å². The third-order valence-corrected chi connectivity index (χ3v) is 5.86. The molecule has 1 fully saturated rings. The topological polar surface area (TPSA) is 51.0 Å². The lowest BCUT2D eigenvalue weighted by atomic mass is 9.97. The van der Waals surface area contributed by atoms with Crippen LogP contribution in [-0.4, -0.2) is 38.4 Å². The molecule has 3 aromatic heterocycles. The number of pyridine rings is 1. The van der Waals surface area contributed by atoms with Crippen LogP contribution in [0.4, 0.5) is 0 Å². The van der Waals surface area contributed by atoms with Gasteiger partial charge in [0.1, 0.15) is 5.82 Å². The van der Waals surface area contributed by atoms with E-state index in [4.69, 9.17) is 0 Å². The first-order valence-electron chi connectivity index (χ1n) is 8.96. The van der Waals surface area contributed by atoms with Gasteiger partial charge in [-0.2, -0.15) is 0 Å². The van der Waals surface area contributed by atoms with Crippen LogP contribution in [0.3, 0.4) is 0 Å². The zero-order valence-electron chi connectivity index (χ0n) is 14.8. The van der Waals surface area contributed by atoms with Crippen molar-refractivity contribution in [1.82, 2.24) is 19.4 Å². The first kappa shape index (κ1) is 17.0. The summed E-state index contributed by atoms with van der Waals surface area (Å²) in [4.78, 5) is 25.5. The van der Waals surface area contributed by atoms with Crippen LogP contribution in [0.5, 0.6) is 0 Å². The smallest absolute Gasteiger partial charge is 0.263 e. The van der Waals surface area contributed by atoms with E-state index in [-0.39, 0.29) is 11.8 Å². The van der Waals surface area contributed by atoms with Crippen LogP contribution in [0, 0.1) is 6.92 Å². The van der Waals surface area contributed by atoms with Gasteiger partial charge in [0.05, 0.1) is 4.88 Å². The number of piperidine rings is 1. The van der Waals surface area contributed by atoms with E-state index in [1.807, 2.05) is 60.9 Å². The van der Waals surface area contributed by atoms with Crippen molar-refractivity contribution in [2.24, 2.45) is 0 Å². The van der Waals surface area contributed by atoms with Crippen LogP contribution in [0.2, 0.25) is 0 Å². The maximum absolute atomic E-state index is 12.8. The molecule has 1 amide bonds. The van der Waals surface area contributed by atoms with Gasteiger partial charge in [0, 0.05) is 55.2 Å². The average molecular weight is 366 g/mol. The summed E-state index contributed by atoms with van der Waals surface area (Å²) in [7, 11) is 0. The fourth-order valence-electron chi connectivity index (χ4n) is 3.58. The second-order valence-electron chi connectivity index (χ2n) is 6.77. The van der Waals surface area contributed by atoms with Crippen LogP contribution in [0.25, 0.3) is 0 Å². The van der Waals surface area contributed by atoms with E-state index in [1.54, 1.807) is 11.3 Å². The molecule has 4 rings (SSSR count). The minimum Gasteiger partial charge on any atom is -0.337 e. The molecule has 0 unspecified atom stereocenters. The van der Waals surface area contributed by atoms with E-state index < -0.39 is 0 Å². The Hall–Kier alpha value is -2.47. The molecule has 4 heterocycles. The van der Waals surface area contributed by atoms with Gasteiger partial charge in [-0.3, -0.25) is 9.78 Å². The lowest BCUT2D eigenvalue weighted by Gasteiger charge is -2.32. The zero-order chi connectivity index (χ0) is 17.9. The number of rotatable bonds is 4. The quantitative estimate of drug-likeness (QED) is 0.707. The molecule has 26 heavy (non-hydrogen) atoms.